The van der Waals surface area contributed by atoms with Crippen LogP contribution in [0.3, 0.4) is 0 Å². The molecule has 0 aromatic heterocycles. The molecule has 0 radical (unpaired) electrons. The fourth-order valence-electron chi connectivity index (χ4n) is 2.71. The van der Waals surface area contributed by atoms with Crippen LogP contribution in [0, 0.1) is 10.4 Å². The second-order valence-electron chi connectivity index (χ2n) is 6.04. The summed E-state index contributed by atoms with van der Waals surface area (Å²) in [5, 5.41) is 43.2. The van der Waals surface area contributed by atoms with E-state index in [9.17, 15) is 15.6 Å². The van der Waals surface area contributed by atoms with Crippen molar-refractivity contribution >= 4 is 22.8 Å². The number of hydrogen-bond acceptors (Lipinski definition) is 7. The van der Waals surface area contributed by atoms with Crippen LogP contribution in [0.1, 0.15) is 11.1 Å². The molecule has 0 aliphatic rings. The number of hydrazone groups is 1. The first-order valence-electron chi connectivity index (χ1n) is 8.64. The number of nitrogens with one attached hydrogen (secondary N) is 3. The average Bonchev–Trinajstić information content (AvgIpc) is 2.75. The fraction of sp³-hybridized carbons (Fsp3) is 0.0500. The molecule has 0 aliphatic carbocycles. The largest absolute Gasteiger partial charge is 0.595 e. The van der Waals surface area contributed by atoms with Crippen LogP contribution in [-0.4, -0.2) is 23.2 Å². The van der Waals surface area contributed by atoms with E-state index in [0.29, 0.717) is 11.5 Å². The second-order valence-corrected chi connectivity index (χ2v) is 6.04. The van der Waals surface area contributed by atoms with Gasteiger partial charge in [-0.05, 0) is 30.3 Å². The zero-order chi connectivity index (χ0) is 20.8. The van der Waals surface area contributed by atoms with E-state index in [1.165, 1.54) is 12.1 Å². The molecule has 0 aliphatic heterocycles. The van der Waals surface area contributed by atoms with Crippen molar-refractivity contribution < 1.29 is 25.6 Å². The van der Waals surface area contributed by atoms with Crippen molar-refractivity contribution in [1.29, 1.82) is 0 Å². The van der Waals surface area contributed by atoms with Crippen LogP contribution < -0.4 is 20.6 Å². The topological polar surface area (TPSA) is 129 Å². The summed E-state index contributed by atoms with van der Waals surface area (Å²) in [6.07, 6.45) is 0. The molecule has 29 heavy (non-hydrogen) atoms. The van der Waals surface area contributed by atoms with Gasteiger partial charge in [0.05, 0.1) is 18.9 Å². The van der Waals surface area contributed by atoms with Crippen molar-refractivity contribution in [2.75, 3.05) is 12.5 Å². The Kier molecular flexibility index (Phi) is 6.52. The van der Waals surface area contributed by atoms with Crippen molar-refractivity contribution in [3.63, 3.8) is 0 Å². The van der Waals surface area contributed by atoms with Crippen LogP contribution >= 0.6 is 0 Å². The lowest BCUT2D eigenvalue weighted by Crippen LogP contribution is -3.00. The molecule has 3 aromatic carbocycles. The van der Waals surface area contributed by atoms with E-state index in [1.54, 1.807) is 19.2 Å². The molecule has 3 rings (SSSR count). The zero-order valence-corrected chi connectivity index (χ0v) is 15.5. The summed E-state index contributed by atoms with van der Waals surface area (Å²) in [5.74, 6) is 0.701. The molecule has 9 nitrogen and oxygen atoms in total. The molecule has 0 saturated heterocycles. The van der Waals surface area contributed by atoms with E-state index in [0.717, 1.165) is 17.2 Å². The number of benzene rings is 3. The predicted octanol–water partition coefficient (Wildman–Crippen LogP) is 1.37. The number of anilines is 1. The third kappa shape index (κ3) is 4.95. The average molecular weight is 396 g/mol. The Morgan fingerprint density at radius 2 is 1.55 bits per heavy atom. The van der Waals surface area contributed by atoms with Gasteiger partial charge in [-0.15, -0.1) is 0 Å². The molecular weight excluding hydrogens is 376 g/mol. The van der Waals surface area contributed by atoms with Gasteiger partial charge in [0.2, 0.25) is 0 Å². The standard InChI is InChI=1S/C20H20N4O5/c1-29-17-10-7-15(8-11-17)20(14-5-3-2-4-6-14)22-21-18-12-9-16(23(25)26)13-19(18)24(27)28/h2-13,21,23-25,27H,1H3. The minimum atomic E-state index is -1.25. The Labute approximate surface area is 166 Å². The lowest BCUT2D eigenvalue weighted by atomic mass is 10.0. The molecule has 0 bridgehead atoms. The Bertz CT molecular complexity index is 976. The third-order valence-corrected chi connectivity index (χ3v) is 4.20. The highest BCUT2D eigenvalue weighted by Crippen LogP contribution is 2.22. The molecule has 0 heterocycles. The van der Waals surface area contributed by atoms with Crippen molar-refractivity contribution in [3.8, 4) is 5.75 Å². The maximum Gasteiger partial charge on any atom is 0.195 e. The van der Waals surface area contributed by atoms with Crippen LogP contribution in [0.5, 0.6) is 5.75 Å². The van der Waals surface area contributed by atoms with Gasteiger partial charge in [0.15, 0.2) is 11.4 Å². The van der Waals surface area contributed by atoms with Crippen molar-refractivity contribution in [2.45, 2.75) is 0 Å². The van der Waals surface area contributed by atoms with E-state index < -0.39 is 10.5 Å². The molecule has 2 unspecified atom stereocenters. The van der Waals surface area contributed by atoms with Crippen LogP contribution in [0.2, 0.25) is 0 Å². The molecular formula is C20H20N4O5. The molecule has 0 fully saturated rings. The number of quaternary nitrogens is 2. The molecule has 3 aromatic rings. The van der Waals surface area contributed by atoms with E-state index in [4.69, 9.17) is 9.94 Å². The SMILES string of the molecule is COc1ccc(C(=NNc2ccc([NH+]([O-])O)cc2[NH+]([O-])O)c2ccccc2)cc1. The Morgan fingerprint density at radius 3 is 2.14 bits per heavy atom. The van der Waals surface area contributed by atoms with Gasteiger partial charge in [0, 0.05) is 17.2 Å². The van der Waals surface area contributed by atoms with Crippen molar-refractivity contribution in [2.24, 2.45) is 5.10 Å². The minimum Gasteiger partial charge on any atom is -0.595 e. The van der Waals surface area contributed by atoms with Gasteiger partial charge in [-0.25, -0.2) is 10.4 Å². The Hall–Kier alpha value is -3.31. The predicted molar refractivity (Wildman–Crippen MR) is 107 cm³/mol. The van der Waals surface area contributed by atoms with Gasteiger partial charge < -0.3 is 15.2 Å². The van der Waals surface area contributed by atoms with E-state index in [-0.39, 0.29) is 17.1 Å². The Balaban J connectivity index is 2.01. The first-order valence-corrected chi connectivity index (χ1v) is 8.64. The highest BCUT2D eigenvalue weighted by molar-refractivity contribution is 6.13. The zero-order valence-electron chi connectivity index (χ0n) is 15.5. The highest BCUT2D eigenvalue weighted by Gasteiger charge is 2.14. The van der Waals surface area contributed by atoms with Crippen LogP contribution in [0.25, 0.3) is 0 Å². The number of hydrogen-bond donors (Lipinski definition) is 5. The van der Waals surface area contributed by atoms with Gasteiger partial charge in [0.25, 0.3) is 0 Å². The summed E-state index contributed by atoms with van der Waals surface area (Å²) < 4.78 is 5.19. The van der Waals surface area contributed by atoms with Gasteiger partial charge in [-0.3, -0.25) is 5.43 Å². The van der Waals surface area contributed by atoms with E-state index in [2.05, 4.69) is 10.5 Å². The highest BCUT2D eigenvalue weighted by atomic mass is 16.8. The normalized spacial score (nSPS) is 13.6. The van der Waals surface area contributed by atoms with Gasteiger partial charge in [-0.2, -0.15) is 15.6 Å². The molecule has 9 heteroatoms. The summed E-state index contributed by atoms with van der Waals surface area (Å²) in [7, 11) is 1.58. The van der Waals surface area contributed by atoms with Crippen LogP contribution in [0.15, 0.2) is 77.9 Å². The van der Waals surface area contributed by atoms with Gasteiger partial charge >= 0.3 is 0 Å². The molecule has 0 amide bonds. The first kappa shape index (κ1) is 20.4. The molecule has 0 saturated carbocycles. The lowest BCUT2D eigenvalue weighted by molar-refractivity contribution is -0.996. The van der Waals surface area contributed by atoms with Crippen LogP contribution in [0.4, 0.5) is 17.1 Å². The summed E-state index contributed by atoms with van der Waals surface area (Å²) in [4.78, 5) is 0. The molecule has 150 valence electrons. The maximum atomic E-state index is 11.6. The second kappa shape index (κ2) is 9.26. The monoisotopic (exact) mass is 396 g/mol. The number of methoxy groups -OCH3 is 1. The van der Waals surface area contributed by atoms with Gasteiger partial charge in [0.1, 0.15) is 11.4 Å². The summed E-state index contributed by atoms with van der Waals surface area (Å²) in [5.41, 5.74) is 4.86. The lowest BCUT2D eigenvalue weighted by Gasteiger charge is -2.18. The number of rotatable bonds is 7. The van der Waals surface area contributed by atoms with E-state index >= 15 is 0 Å². The Morgan fingerprint density at radius 1 is 0.897 bits per heavy atom. The number of ether oxygens (including phenoxy) is 1. The van der Waals surface area contributed by atoms with Crippen LogP contribution in [-0.2, 0) is 0 Å². The summed E-state index contributed by atoms with van der Waals surface area (Å²) in [6, 6.07) is 20.5. The van der Waals surface area contributed by atoms with Crippen molar-refractivity contribution in [1.82, 2.24) is 0 Å². The summed E-state index contributed by atoms with van der Waals surface area (Å²) >= 11 is 0. The maximum absolute atomic E-state index is 11.6. The quantitative estimate of drug-likeness (QED) is 0.303. The minimum absolute atomic E-state index is 0.115. The van der Waals surface area contributed by atoms with E-state index in [1.807, 2.05) is 42.5 Å². The van der Waals surface area contributed by atoms with Gasteiger partial charge in [-0.1, -0.05) is 30.3 Å². The molecule has 5 N–H and O–H groups in total. The number of nitrogens with zero attached hydrogens (tertiary/aromatic N) is 1. The van der Waals surface area contributed by atoms with Crippen molar-refractivity contribution in [3.05, 3.63) is 94.3 Å². The molecule has 2 atom stereocenters. The third-order valence-electron chi connectivity index (χ3n) is 4.20. The molecule has 0 spiro atoms. The summed E-state index contributed by atoms with van der Waals surface area (Å²) in [6.45, 7) is 0. The fourth-order valence-corrected chi connectivity index (χ4v) is 2.71. The smallest absolute Gasteiger partial charge is 0.195 e. The first-order chi connectivity index (χ1) is 14.0.